The van der Waals surface area contributed by atoms with E-state index in [0.717, 1.165) is 11.3 Å². The van der Waals surface area contributed by atoms with E-state index in [0.29, 0.717) is 37.9 Å². The largest absolute Gasteiger partial charge is 0.492 e. The average Bonchev–Trinajstić information content (AvgIpc) is 2.67. The lowest BCUT2D eigenvalue weighted by Gasteiger charge is -2.12. The molecular weight excluding hydrogens is 342 g/mol. The van der Waals surface area contributed by atoms with Crippen LogP contribution >= 0.6 is 0 Å². The van der Waals surface area contributed by atoms with Crippen LogP contribution < -0.4 is 20.7 Å². The number of rotatable bonds is 8. The van der Waals surface area contributed by atoms with Crippen molar-refractivity contribution < 1.29 is 9.53 Å². The molecule has 1 heterocycles. The maximum absolute atomic E-state index is 11.9. The van der Waals surface area contributed by atoms with Crippen molar-refractivity contribution in [3.8, 4) is 5.75 Å². The van der Waals surface area contributed by atoms with Crippen molar-refractivity contribution in [2.75, 3.05) is 32.1 Å². The second-order valence-corrected chi connectivity index (χ2v) is 6.11. The quantitative estimate of drug-likeness (QED) is 0.377. The van der Waals surface area contributed by atoms with E-state index in [4.69, 9.17) is 4.74 Å². The summed E-state index contributed by atoms with van der Waals surface area (Å²) >= 11 is 0. The van der Waals surface area contributed by atoms with Gasteiger partial charge in [0.2, 0.25) is 5.91 Å². The minimum atomic E-state index is -0.1000. The maximum Gasteiger partial charge on any atom is 0.227 e. The van der Waals surface area contributed by atoms with Crippen LogP contribution in [0.3, 0.4) is 0 Å². The van der Waals surface area contributed by atoms with Crippen LogP contribution in [0.1, 0.15) is 17.5 Å². The Labute approximate surface area is 160 Å². The Hall–Kier alpha value is -3.09. The van der Waals surface area contributed by atoms with E-state index in [1.165, 1.54) is 5.56 Å². The van der Waals surface area contributed by atoms with Gasteiger partial charge in [0.1, 0.15) is 18.2 Å². The Morgan fingerprint density at radius 2 is 1.74 bits per heavy atom. The van der Waals surface area contributed by atoms with Crippen molar-refractivity contribution in [2.45, 2.75) is 20.3 Å². The van der Waals surface area contributed by atoms with Gasteiger partial charge >= 0.3 is 0 Å². The summed E-state index contributed by atoms with van der Waals surface area (Å²) in [7, 11) is 1.69. The number of pyridine rings is 1. The number of nitrogens with zero attached hydrogens (tertiary/aromatic N) is 2. The molecule has 0 saturated carbocycles. The lowest BCUT2D eigenvalue weighted by Crippen LogP contribution is -2.40. The van der Waals surface area contributed by atoms with Gasteiger partial charge in [0, 0.05) is 26.2 Å². The van der Waals surface area contributed by atoms with Crippen LogP contribution in [-0.4, -0.2) is 43.6 Å². The number of ether oxygens (including phenoxy) is 1. The van der Waals surface area contributed by atoms with Crippen LogP contribution in [0.4, 0.5) is 5.82 Å². The molecular formula is C20H27N5O2. The Morgan fingerprint density at radius 3 is 2.41 bits per heavy atom. The van der Waals surface area contributed by atoms with E-state index in [9.17, 15) is 4.79 Å². The fraction of sp³-hybridized carbons (Fsp3) is 0.350. The summed E-state index contributed by atoms with van der Waals surface area (Å²) in [6.45, 7) is 5.58. The molecule has 0 aliphatic carbocycles. The van der Waals surface area contributed by atoms with E-state index in [2.05, 4.69) is 25.9 Å². The van der Waals surface area contributed by atoms with Crippen LogP contribution in [0.2, 0.25) is 0 Å². The molecule has 1 aromatic heterocycles. The first-order valence-electron chi connectivity index (χ1n) is 8.93. The molecule has 0 aliphatic rings. The first-order valence-corrected chi connectivity index (χ1v) is 8.93. The third-order valence-corrected chi connectivity index (χ3v) is 3.73. The second kappa shape index (κ2) is 10.8. The van der Waals surface area contributed by atoms with Gasteiger partial charge in [-0.05, 0) is 37.6 Å². The number of aromatic nitrogens is 1. The van der Waals surface area contributed by atoms with E-state index in [1.54, 1.807) is 19.3 Å². The summed E-state index contributed by atoms with van der Waals surface area (Å²) in [5.41, 5.74) is 2.25. The van der Waals surface area contributed by atoms with E-state index in [1.807, 2.05) is 44.2 Å². The van der Waals surface area contributed by atoms with Crippen molar-refractivity contribution in [3.05, 3.63) is 53.7 Å². The highest BCUT2D eigenvalue weighted by Gasteiger charge is 2.04. The molecule has 7 heteroatoms. The fourth-order valence-electron chi connectivity index (χ4n) is 2.23. The molecule has 2 aromatic rings. The first kappa shape index (κ1) is 20.2. The second-order valence-electron chi connectivity index (χ2n) is 6.11. The molecule has 27 heavy (non-hydrogen) atoms. The number of amides is 1. The molecule has 3 N–H and O–H groups in total. The van der Waals surface area contributed by atoms with E-state index >= 15 is 0 Å². The molecule has 7 nitrogen and oxygen atoms in total. The SMILES string of the molecule is CN=C(NCCOc1ccc(C)cc1)NCCC(=O)Nc1ccc(C)cn1. The topological polar surface area (TPSA) is 87.6 Å². The lowest BCUT2D eigenvalue weighted by molar-refractivity contribution is -0.116. The zero-order valence-electron chi connectivity index (χ0n) is 16.1. The summed E-state index contributed by atoms with van der Waals surface area (Å²) in [5.74, 6) is 1.92. The standard InChI is InChI=1S/C20H27N5O2/c1-15-4-7-17(8-5-15)27-13-12-23-20(21-3)22-11-10-19(26)25-18-9-6-16(2)14-24-18/h4-9,14H,10-13H2,1-3H3,(H2,21,22,23)(H,24,25,26). The van der Waals surface area contributed by atoms with Gasteiger partial charge in [0.05, 0.1) is 6.54 Å². The van der Waals surface area contributed by atoms with Crippen LogP contribution in [0, 0.1) is 13.8 Å². The van der Waals surface area contributed by atoms with Crippen molar-refractivity contribution in [3.63, 3.8) is 0 Å². The molecule has 1 amide bonds. The van der Waals surface area contributed by atoms with Gasteiger partial charge in [0.25, 0.3) is 0 Å². The zero-order chi connectivity index (χ0) is 19.5. The number of carbonyl (C=O) groups is 1. The smallest absolute Gasteiger partial charge is 0.227 e. The molecule has 0 spiro atoms. The van der Waals surface area contributed by atoms with Gasteiger partial charge in [-0.1, -0.05) is 23.8 Å². The van der Waals surface area contributed by atoms with Gasteiger partial charge < -0.3 is 20.7 Å². The lowest BCUT2D eigenvalue weighted by atomic mass is 10.2. The third kappa shape index (κ3) is 7.77. The first-order chi connectivity index (χ1) is 13.1. The van der Waals surface area contributed by atoms with Gasteiger partial charge in [0.15, 0.2) is 5.96 Å². The molecule has 0 saturated heterocycles. The van der Waals surface area contributed by atoms with Gasteiger partial charge in [-0.15, -0.1) is 0 Å². The number of aliphatic imine (C=N–C) groups is 1. The third-order valence-electron chi connectivity index (χ3n) is 3.73. The summed E-state index contributed by atoms with van der Waals surface area (Å²) in [6.07, 6.45) is 2.04. The fourth-order valence-corrected chi connectivity index (χ4v) is 2.23. The minimum Gasteiger partial charge on any atom is -0.492 e. The summed E-state index contributed by atoms with van der Waals surface area (Å²) in [4.78, 5) is 20.2. The van der Waals surface area contributed by atoms with Crippen molar-refractivity contribution in [1.82, 2.24) is 15.6 Å². The molecule has 0 unspecified atom stereocenters. The normalized spacial score (nSPS) is 11.0. The van der Waals surface area contributed by atoms with Gasteiger partial charge in [-0.2, -0.15) is 0 Å². The number of hydrogen-bond donors (Lipinski definition) is 3. The van der Waals surface area contributed by atoms with E-state index in [-0.39, 0.29) is 5.91 Å². The summed E-state index contributed by atoms with van der Waals surface area (Å²) < 4.78 is 5.66. The number of hydrogen-bond acceptors (Lipinski definition) is 4. The summed E-state index contributed by atoms with van der Waals surface area (Å²) in [5, 5.41) is 9.02. The van der Waals surface area contributed by atoms with Crippen LogP contribution in [0.15, 0.2) is 47.6 Å². The number of guanidine groups is 1. The predicted molar refractivity (Wildman–Crippen MR) is 108 cm³/mol. The number of nitrogens with one attached hydrogen (secondary N) is 3. The number of benzene rings is 1. The van der Waals surface area contributed by atoms with Crippen LogP contribution in [-0.2, 0) is 4.79 Å². The highest BCUT2D eigenvalue weighted by atomic mass is 16.5. The molecule has 144 valence electrons. The maximum atomic E-state index is 11.9. The summed E-state index contributed by atoms with van der Waals surface area (Å²) in [6, 6.07) is 11.6. The van der Waals surface area contributed by atoms with Crippen molar-refractivity contribution in [2.24, 2.45) is 4.99 Å². The molecule has 0 radical (unpaired) electrons. The highest BCUT2D eigenvalue weighted by Crippen LogP contribution is 2.10. The van der Waals surface area contributed by atoms with E-state index < -0.39 is 0 Å². The molecule has 0 fully saturated rings. The monoisotopic (exact) mass is 369 g/mol. The molecule has 0 atom stereocenters. The zero-order valence-corrected chi connectivity index (χ0v) is 16.1. The number of aryl methyl sites for hydroxylation is 2. The highest BCUT2D eigenvalue weighted by molar-refractivity contribution is 5.90. The molecule has 1 aromatic carbocycles. The van der Waals surface area contributed by atoms with Crippen LogP contribution in [0.5, 0.6) is 5.75 Å². The molecule has 2 rings (SSSR count). The number of carbonyl (C=O) groups excluding carboxylic acids is 1. The predicted octanol–water partition coefficient (Wildman–Crippen LogP) is 2.27. The van der Waals surface area contributed by atoms with Crippen LogP contribution in [0.25, 0.3) is 0 Å². The Balaban J connectivity index is 1.61. The Bertz CT molecular complexity index is 742. The van der Waals surface area contributed by atoms with Gasteiger partial charge in [-0.3, -0.25) is 9.79 Å². The molecule has 0 aliphatic heterocycles. The Kier molecular flexibility index (Phi) is 8.09. The van der Waals surface area contributed by atoms with Crippen molar-refractivity contribution >= 4 is 17.7 Å². The van der Waals surface area contributed by atoms with Gasteiger partial charge in [-0.25, -0.2) is 4.98 Å². The number of anilines is 1. The Morgan fingerprint density at radius 1 is 1.04 bits per heavy atom. The van der Waals surface area contributed by atoms with Crippen molar-refractivity contribution in [1.29, 1.82) is 0 Å². The molecule has 0 bridgehead atoms. The average molecular weight is 369 g/mol. The minimum absolute atomic E-state index is 0.1000.